The van der Waals surface area contributed by atoms with Gasteiger partial charge in [0.15, 0.2) is 0 Å². The molecule has 0 saturated carbocycles. The lowest BCUT2D eigenvalue weighted by atomic mass is 10.2. The zero-order valence-electron chi connectivity index (χ0n) is 16.3. The van der Waals surface area contributed by atoms with Gasteiger partial charge in [-0.2, -0.15) is 0 Å². The number of imide groups is 1. The van der Waals surface area contributed by atoms with E-state index < -0.39 is 44.9 Å². The number of benzene rings is 2. The maximum absolute atomic E-state index is 12.4. The van der Waals surface area contributed by atoms with E-state index in [1.54, 1.807) is 12.1 Å². The average molecular weight is 459 g/mol. The molecule has 0 unspecified atom stereocenters. The highest BCUT2D eigenvalue weighted by Gasteiger charge is 2.36. The maximum atomic E-state index is 12.4. The van der Waals surface area contributed by atoms with Crippen molar-refractivity contribution in [3.8, 4) is 11.5 Å². The number of carbonyl (C=O) groups excluding carboxylic acids is 3. The Morgan fingerprint density at radius 1 is 1.12 bits per heavy atom. The molecule has 0 bridgehead atoms. The van der Waals surface area contributed by atoms with Crippen LogP contribution in [0, 0.1) is 20.2 Å². The molecule has 1 fully saturated rings. The second kappa shape index (κ2) is 9.26. The van der Waals surface area contributed by atoms with E-state index in [1.807, 2.05) is 0 Å². The van der Waals surface area contributed by atoms with Gasteiger partial charge in [-0.15, -0.1) is 0 Å². The van der Waals surface area contributed by atoms with E-state index in [0.29, 0.717) is 17.3 Å². The molecule has 164 valence electrons. The van der Waals surface area contributed by atoms with E-state index in [2.05, 4.69) is 4.74 Å². The third-order valence-electron chi connectivity index (χ3n) is 4.12. The number of amides is 2. The molecule has 0 spiro atoms. The summed E-state index contributed by atoms with van der Waals surface area (Å²) in [5.41, 5.74) is -0.607. The summed E-state index contributed by atoms with van der Waals surface area (Å²) in [5.74, 6) is -1.46. The Hall–Kier alpha value is -4.26. The van der Waals surface area contributed by atoms with Crippen molar-refractivity contribution in [2.75, 3.05) is 13.7 Å². The number of nitrogens with zero attached hydrogens (tertiary/aromatic N) is 3. The van der Waals surface area contributed by atoms with Crippen LogP contribution in [0.3, 0.4) is 0 Å². The summed E-state index contributed by atoms with van der Waals surface area (Å²) in [6, 6.07) is 9.08. The Morgan fingerprint density at radius 2 is 1.88 bits per heavy atom. The zero-order valence-corrected chi connectivity index (χ0v) is 17.1. The van der Waals surface area contributed by atoms with Crippen LogP contribution in [0.25, 0.3) is 6.08 Å². The van der Waals surface area contributed by atoms with Gasteiger partial charge in [-0.1, -0.05) is 12.1 Å². The largest absolute Gasteiger partial charge is 0.468 e. The van der Waals surface area contributed by atoms with Crippen molar-refractivity contribution in [2.45, 2.75) is 0 Å². The number of carbonyl (C=O) groups is 3. The molecule has 1 heterocycles. The third-order valence-corrected chi connectivity index (χ3v) is 5.03. The van der Waals surface area contributed by atoms with Gasteiger partial charge in [0.2, 0.25) is 5.75 Å². The van der Waals surface area contributed by atoms with Crippen LogP contribution in [0.5, 0.6) is 11.5 Å². The van der Waals surface area contributed by atoms with Crippen LogP contribution in [0.1, 0.15) is 5.56 Å². The van der Waals surface area contributed by atoms with Crippen molar-refractivity contribution in [3.05, 3.63) is 73.2 Å². The topological polar surface area (TPSA) is 159 Å². The first-order chi connectivity index (χ1) is 15.2. The molecule has 1 saturated heterocycles. The molecular weight excluding hydrogens is 446 g/mol. The highest BCUT2D eigenvalue weighted by Crippen LogP contribution is 2.36. The van der Waals surface area contributed by atoms with Gasteiger partial charge in [0, 0.05) is 6.07 Å². The van der Waals surface area contributed by atoms with Gasteiger partial charge in [-0.05, 0) is 41.6 Å². The Bertz CT molecular complexity index is 1180. The third kappa shape index (κ3) is 4.89. The summed E-state index contributed by atoms with van der Waals surface area (Å²) in [7, 11) is 1.14. The number of nitro groups is 2. The Balaban J connectivity index is 1.85. The highest BCUT2D eigenvalue weighted by molar-refractivity contribution is 8.18. The lowest BCUT2D eigenvalue weighted by molar-refractivity contribution is -0.394. The summed E-state index contributed by atoms with van der Waals surface area (Å²) in [4.78, 5) is 57.2. The summed E-state index contributed by atoms with van der Waals surface area (Å²) in [5, 5.41) is 21.5. The molecule has 12 nitrogen and oxygen atoms in total. The second-order valence-corrected chi connectivity index (χ2v) is 7.18. The quantitative estimate of drug-likeness (QED) is 0.259. The fourth-order valence-electron chi connectivity index (χ4n) is 2.62. The summed E-state index contributed by atoms with van der Waals surface area (Å²) >= 11 is 0.646. The van der Waals surface area contributed by atoms with Crippen molar-refractivity contribution >= 4 is 46.3 Å². The first kappa shape index (κ1) is 22.4. The first-order valence-electron chi connectivity index (χ1n) is 8.72. The number of non-ortho nitro benzene ring substituents is 1. The molecule has 1 aliphatic rings. The zero-order chi connectivity index (χ0) is 23.4. The number of nitro benzene ring substituents is 2. The molecule has 0 N–H and O–H groups in total. The van der Waals surface area contributed by atoms with Gasteiger partial charge in [0.25, 0.3) is 16.8 Å². The van der Waals surface area contributed by atoms with Crippen molar-refractivity contribution in [1.29, 1.82) is 0 Å². The van der Waals surface area contributed by atoms with Gasteiger partial charge < -0.3 is 9.47 Å². The van der Waals surface area contributed by atoms with Gasteiger partial charge >= 0.3 is 11.7 Å². The van der Waals surface area contributed by atoms with Crippen LogP contribution in [0.15, 0.2) is 47.4 Å². The predicted octanol–water partition coefficient (Wildman–Crippen LogP) is 3.50. The van der Waals surface area contributed by atoms with E-state index in [0.717, 1.165) is 30.2 Å². The minimum Gasteiger partial charge on any atom is -0.468 e. The first-order valence-corrected chi connectivity index (χ1v) is 9.54. The lowest BCUT2D eigenvalue weighted by Gasteiger charge is -2.09. The molecule has 0 radical (unpaired) electrons. The van der Waals surface area contributed by atoms with Gasteiger partial charge in [0.1, 0.15) is 12.3 Å². The van der Waals surface area contributed by atoms with E-state index in [1.165, 1.54) is 18.2 Å². The molecule has 2 aromatic rings. The lowest BCUT2D eigenvalue weighted by Crippen LogP contribution is -2.34. The smallest absolute Gasteiger partial charge is 0.325 e. The van der Waals surface area contributed by atoms with Crippen LogP contribution in [-0.2, 0) is 14.3 Å². The minimum absolute atomic E-state index is 0.0670. The fraction of sp³-hybridized carbons (Fsp3) is 0.105. The van der Waals surface area contributed by atoms with Gasteiger partial charge in [0.05, 0.1) is 27.9 Å². The number of thioether (sulfide) groups is 1. The number of rotatable bonds is 7. The standard InChI is InChI=1S/C19H13N3O9S/c1-30-17(23)10-20-18(24)16(32-19(20)25)8-11-3-2-4-13(7-11)31-15-6-5-12(21(26)27)9-14(15)22(28)29/h2-9H,10H2,1H3/b16-8+. The molecule has 0 aliphatic carbocycles. The number of esters is 1. The molecule has 13 heteroatoms. The van der Waals surface area contributed by atoms with E-state index >= 15 is 0 Å². The monoisotopic (exact) mass is 459 g/mol. The van der Waals surface area contributed by atoms with Gasteiger partial charge in [-0.3, -0.25) is 39.5 Å². The molecule has 0 atom stereocenters. The second-order valence-electron chi connectivity index (χ2n) is 6.18. The van der Waals surface area contributed by atoms with Crippen LogP contribution in [-0.4, -0.2) is 45.5 Å². The molecular formula is C19H13N3O9S. The van der Waals surface area contributed by atoms with Crippen LogP contribution in [0.2, 0.25) is 0 Å². The van der Waals surface area contributed by atoms with Crippen molar-refractivity contribution in [1.82, 2.24) is 4.90 Å². The molecule has 2 amide bonds. The Kier molecular flexibility index (Phi) is 6.49. The number of methoxy groups -OCH3 is 1. The summed E-state index contributed by atoms with van der Waals surface area (Å²) in [6.45, 7) is -0.508. The van der Waals surface area contributed by atoms with Crippen LogP contribution < -0.4 is 4.74 Å². The SMILES string of the molecule is COC(=O)CN1C(=O)S/C(=C/c2cccc(Oc3ccc([N+](=O)[O-])cc3[N+](=O)[O-])c2)C1=O. The average Bonchev–Trinajstić information content (AvgIpc) is 3.01. The molecule has 3 rings (SSSR count). The Labute approximate surface area is 183 Å². The molecule has 1 aliphatic heterocycles. The predicted molar refractivity (Wildman–Crippen MR) is 111 cm³/mol. The minimum atomic E-state index is -0.802. The molecule has 32 heavy (non-hydrogen) atoms. The van der Waals surface area contributed by atoms with E-state index in [9.17, 15) is 34.6 Å². The van der Waals surface area contributed by atoms with Crippen molar-refractivity contribution in [3.63, 3.8) is 0 Å². The van der Waals surface area contributed by atoms with Crippen molar-refractivity contribution < 1.29 is 33.7 Å². The van der Waals surface area contributed by atoms with Crippen LogP contribution in [0.4, 0.5) is 16.2 Å². The molecule has 0 aromatic heterocycles. The molecule has 2 aromatic carbocycles. The number of hydrogen-bond acceptors (Lipinski definition) is 10. The summed E-state index contributed by atoms with van der Waals surface area (Å²) in [6.07, 6.45) is 1.40. The number of hydrogen-bond donors (Lipinski definition) is 0. The maximum Gasteiger partial charge on any atom is 0.325 e. The fourth-order valence-corrected chi connectivity index (χ4v) is 3.46. The highest BCUT2D eigenvalue weighted by atomic mass is 32.2. The van der Waals surface area contributed by atoms with E-state index in [4.69, 9.17) is 4.74 Å². The summed E-state index contributed by atoms with van der Waals surface area (Å²) < 4.78 is 9.99. The van der Waals surface area contributed by atoms with Crippen molar-refractivity contribution in [2.24, 2.45) is 0 Å². The Morgan fingerprint density at radius 3 is 2.53 bits per heavy atom. The normalized spacial score (nSPS) is 14.5. The number of ether oxygens (including phenoxy) is 2. The van der Waals surface area contributed by atoms with E-state index in [-0.39, 0.29) is 16.4 Å². The van der Waals surface area contributed by atoms with Gasteiger partial charge in [-0.25, -0.2) is 0 Å². The van der Waals surface area contributed by atoms with Crippen LogP contribution >= 0.6 is 11.8 Å².